The van der Waals surface area contributed by atoms with Crippen LogP contribution in [-0.4, -0.2) is 75.1 Å². The Balaban J connectivity index is 0.00000131. The zero-order valence-electron chi connectivity index (χ0n) is 25.2. The predicted octanol–water partition coefficient (Wildman–Crippen LogP) is 5.96. The first-order valence-corrected chi connectivity index (χ1v) is 18.8. The number of alkyl halides is 4. The van der Waals surface area contributed by atoms with Crippen molar-refractivity contribution >= 4 is 49.4 Å². The minimum atomic E-state index is -9.19. The molecule has 2 aromatic carbocycles. The van der Waals surface area contributed by atoms with Crippen LogP contribution in [0.4, 0.5) is 43.0 Å². The molecule has 15 heteroatoms. The monoisotopic (exact) mass is 768 g/mol. The van der Waals surface area contributed by atoms with Crippen molar-refractivity contribution in [2.45, 2.75) is 64.7 Å². The molecule has 1 aliphatic rings. The summed E-state index contributed by atoms with van der Waals surface area (Å²) in [5.74, 6) is -5.23. The number of carbonyl (C=O) groups is 1. The summed E-state index contributed by atoms with van der Waals surface area (Å²) in [7, 11) is 0. The molecule has 0 fully saturated rings. The fourth-order valence-corrected chi connectivity index (χ4v) is 4.79. The third kappa shape index (κ3) is 12.9. The molecular formula is C30H37F10N2O2Sb. The van der Waals surface area contributed by atoms with Crippen LogP contribution in [-0.2, 0) is 14.9 Å². The van der Waals surface area contributed by atoms with Crippen molar-refractivity contribution in [1.82, 2.24) is 0 Å². The third-order valence-electron chi connectivity index (χ3n) is 7.01. The average molecular weight is 769 g/mol. The average Bonchev–Trinajstić information content (AvgIpc) is 3.14. The number of anilines is 1. The van der Waals surface area contributed by atoms with Crippen LogP contribution in [0.1, 0.15) is 58.1 Å². The molecule has 45 heavy (non-hydrogen) atoms. The molecule has 0 aromatic heterocycles. The van der Waals surface area contributed by atoms with E-state index < -0.39 is 45.2 Å². The number of fused-ring (bicyclic) bond motifs is 1. The minimum absolute atomic E-state index is 0. The van der Waals surface area contributed by atoms with Gasteiger partial charge in [-0.25, -0.2) is 8.78 Å². The molecule has 0 saturated heterocycles. The van der Waals surface area contributed by atoms with E-state index in [4.69, 9.17) is 0 Å². The van der Waals surface area contributed by atoms with E-state index >= 15 is 0 Å². The summed E-state index contributed by atoms with van der Waals surface area (Å²) in [6, 6.07) is 16.6. The SMILES string of the molecule is CCN(CC)c1ccc(/C=C/C2=[N+](CCCCC(=O)OCC(F)(F)C(F)F)c3ccccc3C2(C)C)cc1.[F-].[F][Sb]([F])([F])([F])[F]. The molecule has 0 saturated carbocycles. The van der Waals surface area contributed by atoms with Crippen LogP contribution in [0, 0.1) is 0 Å². The summed E-state index contributed by atoms with van der Waals surface area (Å²) in [5, 5.41) is 0. The summed E-state index contributed by atoms with van der Waals surface area (Å²) in [4.78, 5) is 14.1. The summed E-state index contributed by atoms with van der Waals surface area (Å²) >= 11 is -9.19. The molecule has 0 N–H and O–H groups in total. The van der Waals surface area contributed by atoms with E-state index in [-0.39, 0.29) is 16.5 Å². The number of carbonyl (C=O) groups excluding carboxylic acids is 1. The number of allylic oxidation sites excluding steroid dienone is 1. The zero-order chi connectivity index (χ0) is 33.4. The zero-order valence-corrected chi connectivity index (χ0v) is 27.8. The van der Waals surface area contributed by atoms with Crippen molar-refractivity contribution in [3.05, 3.63) is 65.7 Å². The maximum absolute atomic E-state index is 13.0. The number of halogens is 10. The Hall–Kier alpha value is -2.76. The van der Waals surface area contributed by atoms with Crippen LogP contribution < -0.4 is 9.60 Å². The number of rotatable bonds is 13. The molecule has 0 spiro atoms. The van der Waals surface area contributed by atoms with Gasteiger partial charge in [-0.3, -0.25) is 4.79 Å². The van der Waals surface area contributed by atoms with Gasteiger partial charge in [0.25, 0.3) is 0 Å². The fourth-order valence-electron chi connectivity index (χ4n) is 4.79. The van der Waals surface area contributed by atoms with Gasteiger partial charge in [-0.15, -0.1) is 0 Å². The second-order valence-electron chi connectivity index (χ2n) is 10.6. The first-order valence-electron chi connectivity index (χ1n) is 13.9. The van der Waals surface area contributed by atoms with E-state index in [9.17, 15) is 36.4 Å². The molecule has 0 amide bonds. The number of para-hydroxylation sites is 1. The molecule has 0 radical (unpaired) electrons. The normalized spacial score (nSPS) is 15.1. The van der Waals surface area contributed by atoms with E-state index in [1.54, 1.807) is 0 Å². The molecule has 2 aromatic rings. The first kappa shape index (κ1) is 40.3. The van der Waals surface area contributed by atoms with Crippen LogP contribution in [0.2, 0.25) is 0 Å². The molecule has 0 unspecified atom stereocenters. The van der Waals surface area contributed by atoms with Crippen molar-refractivity contribution in [3.8, 4) is 0 Å². The standard InChI is InChI=1S/C30H37F4N2O2.6FH.Sb/c1-5-35(6-2)23-17-14-22(15-18-23)16-19-26-29(3,4)24-11-7-8-12-25(24)36(26)20-10-9-13-27(37)38-21-30(33,34)28(31)32;;;;;;;/h7-8,11-12,14-19,28H,5-6,9-10,13,20-21H2,1-4H3;6*1H;/q+1;;;;;;;+5/p-6. The van der Waals surface area contributed by atoms with Gasteiger partial charge in [0, 0.05) is 49.3 Å². The summed E-state index contributed by atoms with van der Waals surface area (Å²) in [5.41, 5.74) is 5.44. The number of hydrogen-bond donors (Lipinski definition) is 0. The van der Waals surface area contributed by atoms with E-state index in [0.29, 0.717) is 19.4 Å². The van der Waals surface area contributed by atoms with Gasteiger partial charge in [-0.2, -0.15) is 13.4 Å². The third-order valence-corrected chi connectivity index (χ3v) is 7.01. The van der Waals surface area contributed by atoms with E-state index in [1.165, 1.54) is 11.3 Å². The Labute approximate surface area is 261 Å². The molecule has 0 aliphatic carbocycles. The molecule has 0 bridgehead atoms. The van der Waals surface area contributed by atoms with Gasteiger partial charge in [0.05, 0.1) is 5.41 Å². The Morgan fingerprint density at radius 1 is 0.956 bits per heavy atom. The van der Waals surface area contributed by atoms with Crippen LogP contribution in [0.25, 0.3) is 6.08 Å². The number of ether oxygens (including phenoxy) is 1. The molecule has 1 heterocycles. The van der Waals surface area contributed by atoms with E-state index in [0.717, 1.165) is 30.1 Å². The second-order valence-corrected chi connectivity index (χ2v) is 14.2. The molecule has 3 rings (SSSR count). The molecule has 4 nitrogen and oxygen atoms in total. The maximum atomic E-state index is 13.0. The van der Waals surface area contributed by atoms with Crippen LogP contribution >= 0.6 is 0 Å². The Kier molecular flexibility index (Phi) is 14.5. The van der Waals surface area contributed by atoms with E-state index in [1.807, 2.05) is 12.1 Å². The van der Waals surface area contributed by atoms with Crippen molar-refractivity contribution < 1.29 is 50.4 Å². The van der Waals surface area contributed by atoms with Gasteiger partial charge in [0.1, 0.15) is 6.54 Å². The van der Waals surface area contributed by atoms with Crippen molar-refractivity contribution in [2.24, 2.45) is 0 Å². The van der Waals surface area contributed by atoms with Gasteiger partial charge in [0.15, 0.2) is 12.3 Å². The Morgan fingerprint density at radius 3 is 2.04 bits per heavy atom. The molecule has 0 atom stereocenters. The topological polar surface area (TPSA) is 32.5 Å². The Morgan fingerprint density at radius 2 is 1.51 bits per heavy atom. The molecule has 1 aliphatic heterocycles. The summed E-state index contributed by atoms with van der Waals surface area (Å²) in [6.07, 6.45) is 1.25. The van der Waals surface area contributed by atoms with Gasteiger partial charge in [-0.05, 0) is 57.9 Å². The second kappa shape index (κ2) is 16.2. The van der Waals surface area contributed by atoms with Crippen LogP contribution in [0.5, 0.6) is 0 Å². The number of esters is 1. The van der Waals surface area contributed by atoms with Crippen molar-refractivity contribution in [2.75, 3.05) is 31.1 Å². The summed E-state index contributed by atoms with van der Waals surface area (Å²) in [6.45, 7) is 9.53. The van der Waals surface area contributed by atoms with Gasteiger partial charge in [0.2, 0.25) is 5.69 Å². The number of unbranched alkanes of at least 4 members (excludes halogenated alkanes) is 1. The van der Waals surface area contributed by atoms with Crippen molar-refractivity contribution in [1.29, 1.82) is 0 Å². The molecule has 254 valence electrons. The van der Waals surface area contributed by atoms with Gasteiger partial charge in [-0.1, -0.05) is 30.3 Å². The number of nitrogens with zero attached hydrogens (tertiary/aromatic N) is 2. The fraction of sp³-hybridized carbons (Fsp3) is 0.467. The van der Waals surface area contributed by atoms with Crippen molar-refractivity contribution in [3.63, 3.8) is 0 Å². The predicted molar refractivity (Wildman–Crippen MR) is 155 cm³/mol. The van der Waals surface area contributed by atoms with Crippen LogP contribution in [0.3, 0.4) is 0 Å². The molecular weight excluding hydrogens is 732 g/mol. The quantitative estimate of drug-likeness (QED) is 0.0830. The van der Waals surface area contributed by atoms with E-state index in [2.05, 4.69) is 90.5 Å². The first-order chi connectivity index (χ1) is 20.2. The number of benzene rings is 2. The summed E-state index contributed by atoms with van der Waals surface area (Å²) < 4.78 is 107. The number of hydrogen-bond acceptors (Lipinski definition) is 3. The van der Waals surface area contributed by atoms with Gasteiger partial charge >= 0.3 is 52.7 Å². The Bertz CT molecular complexity index is 1300. The van der Waals surface area contributed by atoms with Crippen LogP contribution in [0.15, 0.2) is 54.6 Å². The van der Waals surface area contributed by atoms with Gasteiger partial charge < -0.3 is 14.3 Å².